The number of nitrogens with zero attached hydrogens (tertiary/aromatic N) is 2. The van der Waals surface area contributed by atoms with Crippen molar-refractivity contribution in [3.63, 3.8) is 0 Å². The first kappa shape index (κ1) is 14.7. The second kappa shape index (κ2) is 6.17. The smallest absolute Gasteiger partial charge is 0.272 e. The number of carbonyl (C=O) groups is 2. The van der Waals surface area contributed by atoms with Gasteiger partial charge in [0.15, 0.2) is 0 Å². The molecule has 0 radical (unpaired) electrons. The molecule has 1 aromatic heterocycles. The van der Waals surface area contributed by atoms with E-state index in [9.17, 15) is 9.59 Å². The highest BCUT2D eigenvalue weighted by Crippen LogP contribution is 2.11. The van der Waals surface area contributed by atoms with Gasteiger partial charge in [-0.1, -0.05) is 24.3 Å². The molecule has 0 aliphatic rings. The first-order chi connectivity index (χ1) is 9.99. The van der Waals surface area contributed by atoms with Gasteiger partial charge in [0.25, 0.3) is 5.91 Å². The van der Waals surface area contributed by atoms with E-state index < -0.39 is 5.91 Å². The number of carbonyl (C=O) groups excluding carboxylic acids is 2. The molecule has 2 aromatic rings. The van der Waals surface area contributed by atoms with Crippen LogP contribution in [-0.2, 0) is 6.54 Å². The molecule has 1 heterocycles. The van der Waals surface area contributed by atoms with Crippen LogP contribution in [0.3, 0.4) is 0 Å². The number of rotatable bonds is 4. The van der Waals surface area contributed by atoms with E-state index >= 15 is 0 Å². The lowest BCUT2D eigenvalue weighted by atomic mass is 10.1. The van der Waals surface area contributed by atoms with Gasteiger partial charge in [0.05, 0.1) is 5.56 Å². The molecule has 0 atom stereocenters. The van der Waals surface area contributed by atoms with Crippen molar-refractivity contribution in [3.05, 3.63) is 65.0 Å². The van der Waals surface area contributed by atoms with Crippen molar-refractivity contribution >= 4 is 11.8 Å². The van der Waals surface area contributed by atoms with Crippen molar-refractivity contribution in [2.45, 2.75) is 13.5 Å². The Morgan fingerprint density at radius 3 is 2.48 bits per heavy atom. The molecule has 0 bridgehead atoms. The summed E-state index contributed by atoms with van der Waals surface area (Å²) in [6.45, 7) is 2.51. The second-order valence-electron chi connectivity index (χ2n) is 4.88. The topological polar surface area (TPSA) is 76.3 Å². The number of aromatic nitrogens is 1. The Bertz CT molecular complexity index is 665. The average molecular weight is 283 g/mol. The van der Waals surface area contributed by atoms with Crippen LogP contribution in [0.5, 0.6) is 0 Å². The number of nitrogens with two attached hydrogens (primary N) is 1. The predicted molar refractivity (Wildman–Crippen MR) is 79.7 cm³/mol. The number of hydrogen-bond donors (Lipinski definition) is 1. The normalized spacial score (nSPS) is 10.2. The van der Waals surface area contributed by atoms with Gasteiger partial charge in [-0.05, 0) is 30.2 Å². The fourth-order valence-electron chi connectivity index (χ4n) is 1.98. The third-order valence-corrected chi connectivity index (χ3v) is 3.28. The molecular formula is C16H17N3O2. The van der Waals surface area contributed by atoms with Crippen molar-refractivity contribution in [1.82, 2.24) is 9.88 Å². The molecule has 5 nitrogen and oxygen atoms in total. The summed E-state index contributed by atoms with van der Waals surface area (Å²) >= 11 is 0. The maximum Gasteiger partial charge on any atom is 0.272 e. The molecule has 0 saturated heterocycles. The minimum absolute atomic E-state index is 0.200. The van der Waals surface area contributed by atoms with Gasteiger partial charge in [-0.25, -0.2) is 0 Å². The molecule has 0 aliphatic heterocycles. The molecule has 0 spiro atoms. The van der Waals surface area contributed by atoms with Gasteiger partial charge in [0, 0.05) is 19.8 Å². The van der Waals surface area contributed by atoms with Crippen LogP contribution >= 0.6 is 0 Å². The quantitative estimate of drug-likeness (QED) is 0.929. The highest BCUT2D eigenvalue weighted by atomic mass is 16.2. The van der Waals surface area contributed by atoms with Crippen molar-refractivity contribution in [2.24, 2.45) is 5.73 Å². The predicted octanol–water partition coefficient (Wildman–Crippen LogP) is 1.76. The summed E-state index contributed by atoms with van der Waals surface area (Å²) in [4.78, 5) is 28.9. The third kappa shape index (κ3) is 3.45. The summed E-state index contributed by atoms with van der Waals surface area (Å²) in [5.74, 6) is -0.760. The zero-order valence-electron chi connectivity index (χ0n) is 12.0. The highest BCUT2D eigenvalue weighted by molar-refractivity contribution is 5.95. The van der Waals surface area contributed by atoms with E-state index in [0.29, 0.717) is 6.54 Å². The standard InChI is InChI=1S/C16H17N3O2/c1-11-5-3-4-6-13(11)10-19(2)16(21)14-8-7-12(9-18-14)15(17)20/h3-9H,10H2,1-2H3,(H2,17,20). The molecule has 2 amide bonds. The lowest BCUT2D eigenvalue weighted by Gasteiger charge is -2.18. The molecule has 1 aromatic carbocycles. The molecule has 2 N–H and O–H groups in total. The Labute approximate surface area is 123 Å². The summed E-state index contributed by atoms with van der Waals surface area (Å²) in [7, 11) is 1.72. The van der Waals surface area contributed by atoms with E-state index in [0.717, 1.165) is 11.1 Å². The number of aryl methyl sites for hydroxylation is 1. The number of primary amides is 1. The maximum absolute atomic E-state index is 12.3. The van der Waals surface area contributed by atoms with E-state index in [1.54, 1.807) is 11.9 Å². The minimum atomic E-state index is -0.560. The van der Waals surface area contributed by atoms with Crippen LogP contribution in [0.4, 0.5) is 0 Å². The zero-order chi connectivity index (χ0) is 15.4. The molecule has 2 rings (SSSR count). The Kier molecular flexibility index (Phi) is 4.33. The maximum atomic E-state index is 12.3. The van der Waals surface area contributed by atoms with Crippen LogP contribution in [0.2, 0.25) is 0 Å². The fraction of sp³-hybridized carbons (Fsp3) is 0.188. The van der Waals surface area contributed by atoms with Gasteiger partial charge >= 0.3 is 0 Å². The minimum Gasteiger partial charge on any atom is -0.366 e. The Morgan fingerprint density at radius 1 is 1.19 bits per heavy atom. The van der Waals surface area contributed by atoms with Crippen molar-refractivity contribution in [2.75, 3.05) is 7.05 Å². The Morgan fingerprint density at radius 2 is 1.90 bits per heavy atom. The average Bonchev–Trinajstić information content (AvgIpc) is 2.49. The number of amides is 2. The summed E-state index contributed by atoms with van der Waals surface area (Å²) in [5, 5.41) is 0. The first-order valence-corrected chi connectivity index (χ1v) is 6.55. The Hall–Kier alpha value is -2.69. The van der Waals surface area contributed by atoms with Crippen LogP contribution in [0.1, 0.15) is 32.0 Å². The van der Waals surface area contributed by atoms with Crippen molar-refractivity contribution in [1.29, 1.82) is 0 Å². The van der Waals surface area contributed by atoms with E-state index in [1.165, 1.54) is 18.3 Å². The van der Waals surface area contributed by atoms with Gasteiger partial charge in [0.1, 0.15) is 5.69 Å². The SMILES string of the molecule is Cc1ccccc1CN(C)C(=O)c1ccc(C(N)=O)cn1. The molecule has 5 heteroatoms. The van der Waals surface area contributed by atoms with Gasteiger partial charge in [-0.3, -0.25) is 14.6 Å². The number of pyridine rings is 1. The summed E-state index contributed by atoms with van der Waals surface area (Å²) in [5.41, 5.74) is 7.94. The molecule has 0 fully saturated rings. The molecule has 108 valence electrons. The van der Waals surface area contributed by atoms with Gasteiger partial charge in [-0.15, -0.1) is 0 Å². The van der Waals surface area contributed by atoms with Crippen molar-refractivity contribution in [3.8, 4) is 0 Å². The summed E-state index contributed by atoms with van der Waals surface area (Å²) in [6, 6.07) is 10.9. The van der Waals surface area contributed by atoms with Crippen LogP contribution in [0.25, 0.3) is 0 Å². The van der Waals surface area contributed by atoms with Gasteiger partial charge in [0.2, 0.25) is 5.91 Å². The van der Waals surface area contributed by atoms with Crippen LogP contribution in [-0.4, -0.2) is 28.7 Å². The summed E-state index contributed by atoms with van der Waals surface area (Å²) < 4.78 is 0. The van der Waals surface area contributed by atoms with E-state index in [2.05, 4.69) is 4.98 Å². The zero-order valence-corrected chi connectivity index (χ0v) is 12.0. The highest BCUT2D eigenvalue weighted by Gasteiger charge is 2.14. The molecule has 0 aliphatic carbocycles. The monoisotopic (exact) mass is 283 g/mol. The van der Waals surface area contributed by atoms with E-state index in [4.69, 9.17) is 5.73 Å². The van der Waals surface area contributed by atoms with Crippen LogP contribution < -0.4 is 5.73 Å². The molecule has 0 unspecified atom stereocenters. The fourth-order valence-corrected chi connectivity index (χ4v) is 1.98. The van der Waals surface area contributed by atoms with E-state index in [1.807, 2.05) is 31.2 Å². The van der Waals surface area contributed by atoms with Gasteiger partial charge < -0.3 is 10.6 Å². The summed E-state index contributed by atoms with van der Waals surface area (Å²) in [6.07, 6.45) is 1.32. The third-order valence-electron chi connectivity index (χ3n) is 3.28. The number of hydrogen-bond acceptors (Lipinski definition) is 3. The lowest BCUT2D eigenvalue weighted by Crippen LogP contribution is -2.27. The van der Waals surface area contributed by atoms with Crippen LogP contribution in [0.15, 0.2) is 42.6 Å². The molecule has 21 heavy (non-hydrogen) atoms. The molecular weight excluding hydrogens is 266 g/mol. The number of benzene rings is 1. The lowest BCUT2D eigenvalue weighted by molar-refractivity contribution is 0.0778. The van der Waals surface area contributed by atoms with Crippen LogP contribution in [0, 0.1) is 6.92 Å². The van der Waals surface area contributed by atoms with Gasteiger partial charge in [-0.2, -0.15) is 0 Å². The van der Waals surface area contributed by atoms with Crippen molar-refractivity contribution < 1.29 is 9.59 Å². The van der Waals surface area contributed by atoms with E-state index in [-0.39, 0.29) is 17.2 Å². The first-order valence-electron chi connectivity index (χ1n) is 6.55. The molecule has 0 saturated carbocycles. The Balaban J connectivity index is 2.12. The largest absolute Gasteiger partial charge is 0.366 e. The second-order valence-corrected chi connectivity index (χ2v) is 4.88.